The van der Waals surface area contributed by atoms with Crippen LogP contribution in [0.4, 0.5) is 0 Å². The maximum Gasteiger partial charge on any atom is 0.307 e. The molecule has 1 fully saturated rings. The van der Waals surface area contributed by atoms with Gasteiger partial charge in [0.1, 0.15) is 6.61 Å². The van der Waals surface area contributed by atoms with E-state index in [0.29, 0.717) is 13.0 Å². The monoisotopic (exact) mass is 231 g/mol. The summed E-state index contributed by atoms with van der Waals surface area (Å²) < 4.78 is 4.85. The van der Waals surface area contributed by atoms with Crippen LogP contribution in [0.15, 0.2) is 0 Å². The van der Waals surface area contributed by atoms with Crippen LogP contribution in [0.25, 0.3) is 0 Å². The molecule has 1 aliphatic rings. The van der Waals surface area contributed by atoms with Gasteiger partial charge in [-0.25, -0.2) is 0 Å². The standard InChI is InChI=1S/C11H21NO4/c1-9(13)8-16-11(15)4-7-12-5-2-10(14)3-6-12/h9-10,13-14H,2-8H2,1H3/t9-/m0/s1. The Hall–Kier alpha value is -0.650. The number of aliphatic hydroxyl groups excluding tert-OH is 2. The molecule has 1 heterocycles. The van der Waals surface area contributed by atoms with Crippen molar-refractivity contribution in [1.29, 1.82) is 0 Å². The van der Waals surface area contributed by atoms with Gasteiger partial charge in [0.25, 0.3) is 0 Å². The third-order valence-electron chi connectivity index (χ3n) is 2.67. The van der Waals surface area contributed by atoms with Crippen molar-refractivity contribution in [1.82, 2.24) is 4.90 Å². The molecule has 0 spiro atoms. The number of rotatable bonds is 5. The zero-order valence-corrected chi connectivity index (χ0v) is 9.76. The highest BCUT2D eigenvalue weighted by Crippen LogP contribution is 2.10. The number of nitrogens with zero attached hydrogens (tertiary/aromatic N) is 1. The second-order valence-corrected chi connectivity index (χ2v) is 4.35. The Bertz CT molecular complexity index is 212. The van der Waals surface area contributed by atoms with Crippen molar-refractivity contribution >= 4 is 5.97 Å². The lowest BCUT2D eigenvalue weighted by Crippen LogP contribution is -2.37. The molecule has 1 rings (SSSR count). The van der Waals surface area contributed by atoms with E-state index in [9.17, 15) is 9.90 Å². The van der Waals surface area contributed by atoms with Gasteiger partial charge in [-0.05, 0) is 19.8 Å². The highest BCUT2D eigenvalue weighted by Gasteiger charge is 2.17. The first-order valence-corrected chi connectivity index (χ1v) is 5.82. The average molecular weight is 231 g/mol. The molecule has 0 saturated carbocycles. The molecule has 0 amide bonds. The summed E-state index contributed by atoms with van der Waals surface area (Å²) in [4.78, 5) is 13.4. The SMILES string of the molecule is C[C@H](O)COC(=O)CCN1CCC(O)CC1. The number of carbonyl (C=O) groups is 1. The lowest BCUT2D eigenvalue weighted by atomic mass is 10.1. The normalized spacial score (nSPS) is 20.7. The van der Waals surface area contributed by atoms with E-state index in [-0.39, 0.29) is 18.7 Å². The van der Waals surface area contributed by atoms with Crippen LogP contribution >= 0.6 is 0 Å². The second-order valence-electron chi connectivity index (χ2n) is 4.35. The topological polar surface area (TPSA) is 70.0 Å². The van der Waals surface area contributed by atoms with E-state index in [1.165, 1.54) is 0 Å². The Morgan fingerprint density at radius 2 is 2.12 bits per heavy atom. The zero-order valence-electron chi connectivity index (χ0n) is 9.76. The number of likely N-dealkylation sites (tertiary alicyclic amines) is 1. The number of piperidine rings is 1. The number of carbonyl (C=O) groups excluding carboxylic acids is 1. The number of ether oxygens (including phenoxy) is 1. The maximum atomic E-state index is 11.2. The Labute approximate surface area is 96.0 Å². The van der Waals surface area contributed by atoms with Gasteiger partial charge in [0.2, 0.25) is 0 Å². The van der Waals surface area contributed by atoms with Crippen LogP contribution in [0.5, 0.6) is 0 Å². The van der Waals surface area contributed by atoms with Crippen molar-refractivity contribution in [2.75, 3.05) is 26.2 Å². The molecule has 0 aromatic heterocycles. The fourth-order valence-corrected chi connectivity index (χ4v) is 1.68. The van der Waals surface area contributed by atoms with E-state index in [0.717, 1.165) is 25.9 Å². The molecule has 0 aliphatic carbocycles. The highest BCUT2D eigenvalue weighted by molar-refractivity contribution is 5.69. The Balaban J connectivity index is 2.07. The minimum absolute atomic E-state index is 0.0670. The maximum absolute atomic E-state index is 11.2. The van der Waals surface area contributed by atoms with E-state index in [1.807, 2.05) is 0 Å². The molecule has 0 unspecified atom stereocenters. The fourth-order valence-electron chi connectivity index (χ4n) is 1.68. The van der Waals surface area contributed by atoms with E-state index >= 15 is 0 Å². The van der Waals surface area contributed by atoms with Crippen molar-refractivity contribution in [2.24, 2.45) is 0 Å². The highest BCUT2D eigenvalue weighted by atomic mass is 16.5. The van der Waals surface area contributed by atoms with Gasteiger partial charge in [-0.2, -0.15) is 0 Å². The summed E-state index contributed by atoms with van der Waals surface area (Å²) in [6.07, 6.45) is 1.13. The quantitative estimate of drug-likeness (QED) is 0.639. The molecule has 0 bridgehead atoms. The van der Waals surface area contributed by atoms with Crippen LogP contribution in [-0.2, 0) is 9.53 Å². The van der Waals surface area contributed by atoms with Crippen LogP contribution in [0.1, 0.15) is 26.2 Å². The van der Waals surface area contributed by atoms with Gasteiger partial charge >= 0.3 is 5.97 Å². The summed E-state index contributed by atoms with van der Waals surface area (Å²) in [7, 11) is 0. The van der Waals surface area contributed by atoms with Gasteiger partial charge in [0.05, 0.1) is 18.6 Å². The van der Waals surface area contributed by atoms with Gasteiger partial charge in [-0.15, -0.1) is 0 Å². The number of esters is 1. The summed E-state index contributed by atoms with van der Waals surface area (Å²) in [6.45, 7) is 4.00. The van der Waals surface area contributed by atoms with Gasteiger partial charge in [-0.1, -0.05) is 0 Å². The number of hydrogen-bond acceptors (Lipinski definition) is 5. The molecule has 1 aliphatic heterocycles. The molecular formula is C11H21NO4. The van der Waals surface area contributed by atoms with Crippen LogP contribution in [0, 0.1) is 0 Å². The molecule has 1 saturated heterocycles. The molecular weight excluding hydrogens is 210 g/mol. The van der Waals surface area contributed by atoms with Gasteiger partial charge in [-0.3, -0.25) is 4.79 Å². The van der Waals surface area contributed by atoms with E-state index < -0.39 is 6.10 Å². The molecule has 1 atom stereocenters. The van der Waals surface area contributed by atoms with Gasteiger partial charge in [0, 0.05) is 19.6 Å². The van der Waals surface area contributed by atoms with Gasteiger partial charge < -0.3 is 19.8 Å². The lowest BCUT2D eigenvalue weighted by Gasteiger charge is -2.28. The van der Waals surface area contributed by atoms with Crippen LogP contribution < -0.4 is 0 Å². The first kappa shape index (κ1) is 13.4. The third kappa shape index (κ3) is 5.44. The van der Waals surface area contributed by atoms with Crippen molar-refractivity contribution < 1.29 is 19.7 Å². The fraction of sp³-hybridized carbons (Fsp3) is 0.909. The summed E-state index contributed by atoms with van der Waals surface area (Å²) in [5.41, 5.74) is 0. The molecule has 0 aromatic rings. The third-order valence-corrected chi connectivity index (χ3v) is 2.67. The van der Waals surface area contributed by atoms with E-state index in [2.05, 4.69) is 4.90 Å². The van der Waals surface area contributed by atoms with Crippen LogP contribution in [0.3, 0.4) is 0 Å². The molecule has 0 radical (unpaired) electrons. The van der Waals surface area contributed by atoms with E-state index in [4.69, 9.17) is 9.84 Å². The predicted molar refractivity (Wildman–Crippen MR) is 58.9 cm³/mol. The summed E-state index contributed by atoms with van der Waals surface area (Å²) in [6, 6.07) is 0. The number of aliphatic hydroxyl groups is 2. The Morgan fingerprint density at radius 3 is 2.69 bits per heavy atom. The van der Waals surface area contributed by atoms with Crippen molar-refractivity contribution in [2.45, 2.75) is 38.4 Å². The Morgan fingerprint density at radius 1 is 1.50 bits per heavy atom. The molecule has 5 heteroatoms. The smallest absolute Gasteiger partial charge is 0.307 e. The van der Waals surface area contributed by atoms with Gasteiger partial charge in [0.15, 0.2) is 0 Å². The summed E-state index contributed by atoms with van der Waals surface area (Å²) >= 11 is 0. The van der Waals surface area contributed by atoms with Crippen molar-refractivity contribution in [3.8, 4) is 0 Å². The predicted octanol–water partition coefficient (Wildman–Crippen LogP) is -0.243. The largest absolute Gasteiger partial charge is 0.463 e. The summed E-state index contributed by atoms with van der Waals surface area (Å²) in [5.74, 6) is -0.271. The molecule has 0 aromatic carbocycles. The molecule has 2 N–H and O–H groups in total. The molecule has 94 valence electrons. The molecule has 16 heavy (non-hydrogen) atoms. The second kappa shape index (κ2) is 6.83. The van der Waals surface area contributed by atoms with Crippen LogP contribution in [-0.4, -0.2) is 59.5 Å². The summed E-state index contributed by atoms with van der Waals surface area (Å²) in [5, 5.41) is 18.2. The van der Waals surface area contributed by atoms with Crippen molar-refractivity contribution in [3.63, 3.8) is 0 Å². The lowest BCUT2D eigenvalue weighted by molar-refractivity contribution is -0.146. The first-order chi connectivity index (χ1) is 7.58. The number of hydrogen-bond donors (Lipinski definition) is 2. The van der Waals surface area contributed by atoms with Crippen LogP contribution in [0.2, 0.25) is 0 Å². The minimum atomic E-state index is -0.603. The van der Waals surface area contributed by atoms with Crippen molar-refractivity contribution in [3.05, 3.63) is 0 Å². The average Bonchev–Trinajstić information content (AvgIpc) is 2.25. The molecule has 5 nitrogen and oxygen atoms in total. The minimum Gasteiger partial charge on any atom is -0.463 e. The first-order valence-electron chi connectivity index (χ1n) is 5.82. The Kier molecular flexibility index (Phi) is 5.73. The van der Waals surface area contributed by atoms with E-state index in [1.54, 1.807) is 6.92 Å². The zero-order chi connectivity index (χ0) is 12.0.